The van der Waals surface area contributed by atoms with E-state index in [-0.39, 0.29) is 17.2 Å². The van der Waals surface area contributed by atoms with E-state index in [1.165, 1.54) is 53.6 Å². The number of nitrogens with zero attached hydrogens (tertiary/aromatic N) is 4. The van der Waals surface area contributed by atoms with Crippen LogP contribution in [0.3, 0.4) is 0 Å². The summed E-state index contributed by atoms with van der Waals surface area (Å²) in [7, 11) is 4.40. The van der Waals surface area contributed by atoms with Crippen molar-refractivity contribution in [3.05, 3.63) is 114 Å². The number of hydrogen-bond acceptors (Lipinski definition) is 4. The molecule has 2 fully saturated rings. The summed E-state index contributed by atoms with van der Waals surface area (Å²) in [6, 6.07) is 24.3. The highest BCUT2D eigenvalue weighted by molar-refractivity contribution is 5.84. The zero-order valence-corrected chi connectivity index (χ0v) is 25.9. The predicted molar refractivity (Wildman–Crippen MR) is 173 cm³/mol. The molecule has 2 saturated heterocycles. The molecule has 220 valence electrons. The Morgan fingerprint density at radius 3 is 2.05 bits per heavy atom. The molecule has 4 heterocycles. The largest absolute Gasteiger partial charge is 0.300 e. The molecule has 3 aliphatic rings. The van der Waals surface area contributed by atoms with Crippen LogP contribution in [0.1, 0.15) is 69.5 Å². The molecule has 1 aromatic heterocycles. The monoisotopic (exact) mass is 562 g/mol. The van der Waals surface area contributed by atoms with Crippen LogP contribution in [0, 0.1) is 5.41 Å². The molecule has 0 aliphatic carbocycles. The van der Waals surface area contributed by atoms with Gasteiger partial charge in [0.05, 0.1) is 0 Å². The maximum Gasteiger partial charge on any atom is 0.235 e. The molecular weight excluding hydrogens is 516 g/mol. The van der Waals surface area contributed by atoms with Gasteiger partial charge in [0.1, 0.15) is 0 Å². The number of rotatable bonds is 4. The summed E-state index contributed by atoms with van der Waals surface area (Å²) < 4.78 is 0. The summed E-state index contributed by atoms with van der Waals surface area (Å²) in [5.41, 5.74) is 6.22. The van der Waals surface area contributed by atoms with Gasteiger partial charge in [-0.3, -0.25) is 24.5 Å². The van der Waals surface area contributed by atoms with Crippen LogP contribution in [-0.2, 0) is 4.79 Å². The smallest absolute Gasteiger partial charge is 0.235 e. The van der Waals surface area contributed by atoms with E-state index in [0.29, 0.717) is 12.1 Å². The summed E-state index contributed by atoms with van der Waals surface area (Å²) in [6.07, 6.45) is 15.1. The third-order valence-corrected chi connectivity index (χ3v) is 8.84. The minimum atomic E-state index is -0.382. The zero-order valence-electron chi connectivity index (χ0n) is 25.9. The van der Waals surface area contributed by atoms with Crippen LogP contribution < -0.4 is 0 Å². The van der Waals surface area contributed by atoms with Crippen LogP contribution in [0.15, 0.2) is 103 Å². The molecule has 0 unspecified atom stereocenters. The molecule has 0 radical (unpaired) electrons. The first-order valence-electron chi connectivity index (χ1n) is 15.4. The molecule has 3 aromatic rings. The number of amides is 1. The number of likely N-dealkylation sites (tertiary alicyclic amines) is 2. The third kappa shape index (κ3) is 6.74. The molecular formula is C37H46N4O. The second kappa shape index (κ2) is 13.2. The molecule has 0 N–H and O–H groups in total. The number of likely N-dealkylation sites (N-methyl/N-ethyl adjacent to an activating group) is 1. The molecule has 3 atom stereocenters. The SMILES string of the molecule is CN1CCC[C@H]1C1=CN(C(=O)C(C)(C)C)C=C[C@H]1c1ccccc1.CN1CCC[C@H]1c1cnccc1-c1ccccc1. The van der Waals surface area contributed by atoms with Gasteiger partial charge in [-0.25, -0.2) is 0 Å². The highest BCUT2D eigenvalue weighted by Crippen LogP contribution is 2.38. The van der Waals surface area contributed by atoms with Gasteiger partial charge in [0.2, 0.25) is 5.91 Å². The van der Waals surface area contributed by atoms with Crippen molar-refractivity contribution < 1.29 is 4.79 Å². The Balaban J connectivity index is 0.000000175. The highest BCUT2D eigenvalue weighted by Gasteiger charge is 2.34. The molecule has 42 heavy (non-hydrogen) atoms. The maximum absolute atomic E-state index is 12.7. The Morgan fingerprint density at radius 1 is 0.833 bits per heavy atom. The van der Waals surface area contributed by atoms with Crippen molar-refractivity contribution >= 4 is 5.91 Å². The topological polar surface area (TPSA) is 39.7 Å². The Labute approximate surface area is 252 Å². The molecule has 2 aromatic carbocycles. The Bertz CT molecular complexity index is 1390. The average Bonchev–Trinajstić information content (AvgIpc) is 3.64. The van der Waals surface area contributed by atoms with Crippen molar-refractivity contribution in [3.63, 3.8) is 0 Å². The molecule has 0 bridgehead atoms. The number of benzene rings is 2. The molecule has 3 aliphatic heterocycles. The summed E-state index contributed by atoms with van der Waals surface area (Å²) in [5, 5.41) is 0. The van der Waals surface area contributed by atoms with Gasteiger partial charge in [0.25, 0.3) is 0 Å². The van der Waals surface area contributed by atoms with Gasteiger partial charge < -0.3 is 0 Å². The first-order chi connectivity index (χ1) is 20.2. The van der Waals surface area contributed by atoms with Gasteiger partial charge in [-0.2, -0.15) is 0 Å². The predicted octanol–water partition coefficient (Wildman–Crippen LogP) is 7.67. The Kier molecular flexibility index (Phi) is 9.40. The molecule has 5 nitrogen and oxygen atoms in total. The fraction of sp³-hybridized carbons (Fsp3) is 0.405. The lowest BCUT2D eigenvalue weighted by atomic mass is 9.84. The molecule has 6 rings (SSSR count). The number of hydrogen-bond donors (Lipinski definition) is 0. The second-order valence-corrected chi connectivity index (χ2v) is 12.9. The number of carbonyl (C=O) groups excluding carboxylic acids is 1. The van der Waals surface area contributed by atoms with Crippen LogP contribution in [0.5, 0.6) is 0 Å². The van der Waals surface area contributed by atoms with Crippen molar-refractivity contribution in [2.45, 2.75) is 64.5 Å². The van der Waals surface area contributed by atoms with E-state index in [1.54, 1.807) is 4.90 Å². The minimum Gasteiger partial charge on any atom is -0.300 e. The van der Waals surface area contributed by atoms with E-state index >= 15 is 0 Å². The first kappa shape index (κ1) is 29.9. The summed E-state index contributed by atoms with van der Waals surface area (Å²) in [5.74, 6) is 0.393. The Hall–Kier alpha value is -3.54. The lowest BCUT2D eigenvalue weighted by Crippen LogP contribution is -2.37. The van der Waals surface area contributed by atoms with E-state index in [9.17, 15) is 4.79 Å². The van der Waals surface area contributed by atoms with E-state index in [4.69, 9.17) is 0 Å². The van der Waals surface area contributed by atoms with Gasteiger partial charge in [-0.1, -0.05) is 87.5 Å². The lowest BCUT2D eigenvalue weighted by Gasteiger charge is -2.34. The van der Waals surface area contributed by atoms with Gasteiger partial charge in [0, 0.05) is 48.2 Å². The fourth-order valence-electron chi connectivity index (χ4n) is 6.53. The third-order valence-electron chi connectivity index (χ3n) is 8.84. The zero-order chi connectivity index (χ0) is 29.7. The van der Waals surface area contributed by atoms with Gasteiger partial charge in [0.15, 0.2) is 0 Å². The van der Waals surface area contributed by atoms with Crippen LogP contribution >= 0.6 is 0 Å². The number of carbonyl (C=O) groups is 1. The highest BCUT2D eigenvalue weighted by atomic mass is 16.2. The quantitative estimate of drug-likeness (QED) is 0.327. The van der Waals surface area contributed by atoms with E-state index < -0.39 is 0 Å². The van der Waals surface area contributed by atoms with Crippen molar-refractivity contribution in [1.29, 1.82) is 0 Å². The van der Waals surface area contributed by atoms with E-state index in [0.717, 1.165) is 13.0 Å². The number of allylic oxidation sites excluding steroid dienone is 1. The van der Waals surface area contributed by atoms with Crippen LogP contribution in [0.2, 0.25) is 0 Å². The standard InChI is InChI=1S/C21H28N2O.C16H18N2/c1-21(2,3)20(24)23-14-12-17(16-9-6-5-7-10-16)18(15-23)19-11-8-13-22(19)4;1-18-11-5-8-16(18)15-12-17-10-9-14(15)13-6-3-2-4-7-13/h5-7,9-10,12,14-15,17,19H,8,11,13H2,1-4H3;2-4,6-7,9-10,12,16H,5,8,11H2,1H3/t17-,19-;16-/m00/s1. The van der Waals surface area contributed by atoms with E-state index in [2.05, 4.69) is 108 Å². The molecule has 0 spiro atoms. The molecule has 1 amide bonds. The van der Waals surface area contributed by atoms with Gasteiger partial charge in [-0.05, 0) is 86.8 Å². The lowest BCUT2D eigenvalue weighted by molar-refractivity contribution is -0.134. The van der Waals surface area contributed by atoms with Crippen LogP contribution in [-0.4, -0.2) is 58.8 Å². The van der Waals surface area contributed by atoms with Crippen molar-refractivity contribution in [3.8, 4) is 11.1 Å². The first-order valence-corrected chi connectivity index (χ1v) is 15.4. The summed E-state index contributed by atoms with van der Waals surface area (Å²) in [4.78, 5) is 23.7. The second-order valence-electron chi connectivity index (χ2n) is 12.9. The molecule has 0 saturated carbocycles. The number of pyridine rings is 1. The van der Waals surface area contributed by atoms with E-state index in [1.807, 2.05) is 39.4 Å². The van der Waals surface area contributed by atoms with Crippen molar-refractivity contribution in [1.82, 2.24) is 19.7 Å². The Morgan fingerprint density at radius 2 is 1.45 bits per heavy atom. The summed E-state index contributed by atoms with van der Waals surface area (Å²) >= 11 is 0. The number of aromatic nitrogens is 1. The van der Waals surface area contributed by atoms with Gasteiger partial charge in [-0.15, -0.1) is 0 Å². The summed E-state index contributed by atoms with van der Waals surface area (Å²) in [6.45, 7) is 8.24. The maximum atomic E-state index is 12.7. The van der Waals surface area contributed by atoms with Crippen molar-refractivity contribution in [2.75, 3.05) is 27.2 Å². The van der Waals surface area contributed by atoms with Crippen LogP contribution in [0.25, 0.3) is 11.1 Å². The molecule has 5 heteroatoms. The minimum absolute atomic E-state index is 0.142. The van der Waals surface area contributed by atoms with Crippen molar-refractivity contribution in [2.24, 2.45) is 5.41 Å². The van der Waals surface area contributed by atoms with Crippen LogP contribution in [0.4, 0.5) is 0 Å². The fourth-order valence-corrected chi connectivity index (χ4v) is 6.53. The average molecular weight is 563 g/mol. The van der Waals surface area contributed by atoms with Gasteiger partial charge >= 0.3 is 0 Å². The normalized spacial score (nSPS) is 22.9.